The lowest BCUT2D eigenvalue weighted by atomic mass is 9.57. The number of carbonyl (C=O) groups is 1. The number of hydrogen-bond acceptors (Lipinski definition) is 3. The van der Waals surface area contributed by atoms with Crippen molar-refractivity contribution in [3.05, 3.63) is 59.4 Å². The molecule has 1 aromatic carbocycles. The van der Waals surface area contributed by atoms with Gasteiger partial charge in [-0.2, -0.15) is 0 Å². The average molecular weight is 440 g/mol. The van der Waals surface area contributed by atoms with Gasteiger partial charge in [0.15, 0.2) is 0 Å². The number of nitrogens with zero attached hydrogens (tertiary/aromatic N) is 1. The molecule has 0 bridgehead atoms. The van der Waals surface area contributed by atoms with Crippen LogP contribution >= 0.6 is 11.6 Å². The Balaban J connectivity index is 1.41. The van der Waals surface area contributed by atoms with Gasteiger partial charge in [0, 0.05) is 28.3 Å². The Morgan fingerprint density at radius 2 is 2.00 bits per heavy atom. The monoisotopic (exact) mass is 439 g/mol. The molecule has 7 atom stereocenters. The van der Waals surface area contributed by atoms with Crippen LogP contribution in [0.3, 0.4) is 0 Å². The third kappa shape index (κ3) is 3.80. The molecule has 2 saturated carbocycles. The van der Waals surface area contributed by atoms with Gasteiger partial charge in [0.2, 0.25) is 0 Å². The second-order valence-electron chi connectivity index (χ2n) is 9.22. The van der Waals surface area contributed by atoms with Crippen molar-refractivity contribution >= 4 is 23.6 Å². The number of aromatic nitrogens is 1. The van der Waals surface area contributed by atoms with E-state index < -0.39 is 6.17 Å². The lowest BCUT2D eigenvalue weighted by Gasteiger charge is -2.47. The van der Waals surface area contributed by atoms with Gasteiger partial charge in [-0.15, -0.1) is 0 Å². The van der Waals surface area contributed by atoms with E-state index in [-0.39, 0.29) is 41.7 Å². The normalized spacial score (nSPS) is 34.9. The second kappa shape index (κ2) is 8.38. The highest BCUT2D eigenvalue weighted by molar-refractivity contribution is 6.33. The third-order valence-corrected chi connectivity index (χ3v) is 7.90. The fraction of sp³-hybridized carbons (Fsp3) is 0.462. The molecule has 162 valence electrons. The Hall–Kier alpha value is -2.20. The van der Waals surface area contributed by atoms with E-state index in [1.807, 2.05) is 55.6 Å². The Labute approximate surface area is 187 Å². The van der Waals surface area contributed by atoms with E-state index in [0.717, 1.165) is 29.7 Å². The largest absolute Gasteiger partial charge is 0.462 e. The van der Waals surface area contributed by atoms with E-state index in [2.05, 4.69) is 11.1 Å². The van der Waals surface area contributed by atoms with Crippen LogP contribution < -0.4 is 0 Å². The Morgan fingerprint density at radius 1 is 1.16 bits per heavy atom. The molecule has 3 aliphatic rings. The van der Waals surface area contributed by atoms with Crippen LogP contribution in [0.2, 0.25) is 5.02 Å². The molecule has 2 aromatic rings. The SMILES string of the molecule is C[C@H]1OC(=O)[C@@H]2C[C@H]3[C@H](CCC[C@H]3F)[C@H](C=Cc3ccc(-c4ccccc4Cl)cn3)[C@H]12. The summed E-state index contributed by atoms with van der Waals surface area (Å²) in [5, 5.41) is 0.699. The molecule has 0 spiro atoms. The van der Waals surface area contributed by atoms with Gasteiger partial charge in [0.05, 0.1) is 11.6 Å². The zero-order valence-electron chi connectivity index (χ0n) is 17.6. The number of cyclic esters (lactones) is 1. The molecule has 1 aliphatic heterocycles. The molecule has 3 nitrogen and oxygen atoms in total. The maximum absolute atomic E-state index is 14.8. The van der Waals surface area contributed by atoms with Gasteiger partial charge in [-0.1, -0.05) is 48.4 Å². The highest BCUT2D eigenvalue weighted by Gasteiger charge is 2.55. The Morgan fingerprint density at radius 3 is 2.77 bits per heavy atom. The number of esters is 1. The third-order valence-electron chi connectivity index (χ3n) is 7.57. The summed E-state index contributed by atoms with van der Waals surface area (Å²) in [6.45, 7) is 1.98. The average Bonchev–Trinajstić information content (AvgIpc) is 3.06. The Kier molecular flexibility index (Phi) is 5.60. The molecule has 0 N–H and O–H groups in total. The minimum atomic E-state index is -0.813. The van der Waals surface area contributed by atoms with Crippen LogP contribution in [0.25, 0.3) is 17.2 Å². The van der Waals surface area contributed by atoms with Gasteiger partial charge in [-0.25, -0.2) is 4.39 Å². The minimum Gasteiger partial charge on any atom is -0.462 e. The zero-order chi connectivity index (χ0) is 21.5. The van der Waals surface area contributed by atoms with E-state index in [4.69, 9.17) is 16.3 Å². The lowest BCUT2D eigenvalue weighted by molar-refractivity contribution is -0.144. The first-order valence-corrected chi connectivity index (χ1v) is 11.6. The topological polar surface area (TPSA) is 39.2 Å². The van der Waals surface area contributed by atoms with Gasteiger partial charge in [0.25, 0.3) is 0 Å². The molecule has 0 unspecified atom stereocenters. The van der Waals surface area contributed by atoms with Crippen LogP contribution in [0.4, 0.5) is 4.39 Å². The maximum Gasteiger partial charge on any atom is 0.309 e. The smallest absolute Gasteiger partial charge is 0.309 e. The van der Waals surface area contributed by atoms with Crippen molar-refractivity contribution in [1.29, 1.82) is 0 Å². The van der Waals surface area contributed by atoms with Gasteiger partial charge in [-0.05, 0) is 62.1 Å². The first-order chi connectivity index (χ1) is 15.0. The number of pyridine rings is 1. The number of carbonyl (C=O) groups excluding carboxylic acids is 1. The van der Waals surface area contributed by atoms with E-state index in [1.165, 1.54) is 0 Å². The maximum atomic E-state index is 14.8. The van der Waals surface area contributed by atoms with Crippen LogP contribution in [0.5, 0.6) is 0 Å². The van der Waals surface area contributed by atoms with Crippen molar-refractivity contribution in [2.75, 3.05) is 0 Å². The summed E-state index contributed by atoms with van der Waals surface area (Å²) in [4.78, 5) is 17.0. The fourth-order valence-electron chi connectivity index (χ4n) is 6.13. The van der Waals surface area contributed by atoms with Crippen molar-refractivity contribution in [2.45, 2.75) is 44.9 Å². The fourth-order valence-corrected chi connectivity index (χ4v) is 6.38. The van der Waals surface area contributed by atoms with Crippen LogP contribution in [-0.4, -0.2) is 23.2 Å². The number of hydrogen-bond donors (Lipinski definition) is 0. The molecule has 0 radical (unpaired) electrons. The van der Waals surface area contributed by atoms with Gasteiger partial charge >= 0.3 is 5.97 Å². The van der Waals surface area contributed by atoms with Crippen molar-refractivity contribution < 1.29 is 13.9 Å². The van der Waals surface area contributed by atoms with E-state index >= 15 is 0 Å². The molecule has 2 aliphatic carbocycles. The molecule has 1 saturated heterocycles. The van der Waals surface area contributed by atoms with Crippen molar-refractivity contribution in [3.8, 4) is 11.1 Å². The summed E-state index contributed by atoms with van der Waals surface area (Å²) in [7, 11) is 0. The molecule has 3 fully saturated rings. The zero-order valence-corrected chi connectivity index (χ0v) is 18.3. The van der Waals surface area contributed by atoms with Crippen LogP contribution in [0.1, 0.15) is 38.3 Å². The molecule has 5 rings (SSSR count). The molecule has 0 amide bonds. The van der Waals surface area contributed by atoms with Crippen LogP contribution in [-0.2, 0) is 9.53 Å². The molecule has 2 heterocycles. The first kappa shape index (κ1) is 20.7. The molecule has 5 heteroatoms. The first-order valence-electron chi connectivity index (χ1n) is 11.3. The standard InChI is InChI=1S/C26H27ClFNO2/c1-15-25-20(19-6-4-8-24(28)21(19)13-22(25)26(30)31-15)12-11-17-10-9-16(14-29-17)18-5-2-3-7-23(18)27/h2-3,5,7,9-12,14-15,19-22,24-25H,4,6,8,13H2,1H3/t15-,19-,20+,21+,22-,24-,25+/m1/s1. The number of fused-ring (bicyclic) bond motifs is 2. The van der Waals surface area contributed by atoms with Gasteiger partial charge < -0.3 is 4.74 Å². The van der Waals surface area contributed by atoms with Crippen molar-refractivity contribution in [2.24, 2.45) is 29.6 Å². The highest BCUT2D eigenvalue weighted by Crippen LogP contribution is 2.54. The van der Waals surface area contributed by atoms with Crippen molar-refractivity contribution in [1.82, 2.24) is 4.98 Å². The van der Waals surface area contributed by atoms with Gasteiger partial charge in [0.1, 0.15) is 12.3 Å². The summed E-state index contributed by atoms with van der Waals surface area (Å²) >= 11 is 6.30. The minimum absolute atomic E-state index is 0.0435. The number of benzene rings is 1. The van der Waals surface area contributed by atoms with Crippen molar-refractivity contribution in [3.63, 3.8) is 0 Å². The lowest BCUT2D eigenvalue weighted by Crippen LogP contribution is -2.46. The van der Waals surface area contributed by atoms with Gasteiger partial charge in [-0.3, -0.25) is 9.78 Å². The number of ether oxygens (including phenoxy) is 1. The second-order valence-corrected chi connectivity index (χ2v) is 9.63. The summed E-state index contributed by atoms with van der Waals surface area (Å²) in [6, 6.07) is 11.7. The Bertz CT molecular complexity index is 991. The molecule has 31 heavy (non-hydrogen) atoms. The van der Waals surface area contributed by atoms with E-state index in [9.17, 15) is 9.18 Å². The van der Waals surface area contributed by atoms with Crippen LogP contribution in [0.15, 0.2) is 48.7 Å². The molecular formula is C26H27ClFNO2. The summed E-state index contributed by atoms with van der Waals surface area (Å²) in [5.74, 6) is 0.150. The number of halogens is 2. The summed E-state index contributed by atoms with van der Waals surface area (Å²) in [6.07, 6.45) is 8.27. The quantitative estimate of drug-likeness (QED) is 0.522. The molecule has 1 aromatic heterocycles. The van der Waals surface area contributed by atoms with E-state index in [1.54, 1.807) is 0 Å². The predicted octanol–water partition coefficient (Wildman–Crippen LogP) is 6.37. The van der Waals surface area contributed by atoms with Crippen LogP contribution in [0, 0.1) is 29.6 Å². The summed E-state index contributed by atoms with van der Waals surface area (Å²) in [5.41, 5.74) is 2.77. The number of allylic oxidation sites excluding steroid dienone is 1. The number of rotatable bonds is 3. The number of alkyl halides is 1. The predicted molar refractivity (Wildman–Crippen MR) is 120 cm³/mol. The van der Waals surface area contributed by atoms with E-state index in [0.29, 0.717) is 17.9 Å². The summed E-state index contributed by atoms with van der Waals surface area (Å²) < 4.78 is 20.4. The molecular weight excluding hydrogens is 413 g/mol. The highest BCUT2D eigenvalue weighted by atomic mass is 35.5.